The Morgan fingerprint density at radius 1 is 1.15 bits per heavy atom. The van der Waals surface area contributed by atoms with E-state index in [4.69, 9.17) is 4.74 Å². The van der Waals surface area contributed by atoms with Crippen LogP contribution in [0.3, 0.4) is 0 Å². The van der Waals surface area contributed by atoms with Crippen LogP contribution in [0.5, 0.6) is 0 Å². The molecule has 1 aliphatic carbocycles. The van der Waals surface area contributed by atoms with Gasteiger partial charge in [-0.2, -0.15) is 4.31 Å². The van der Waals surface area contributed by atoms with Crippen molar-refractivity contribution in [2.24, 2.45) is 5.92 Å². The molecule has 3 rings (SSSR count). The van der Waals surface area contributed by atoms with E-state index < -0.39 is 10.0 Å². The summed E-state index contributed by atoms with van der Waals surface area (Å²) in [5, 5.41) is 0. The average Bonchev–Trinajstić information content (AvgIpc) is 2.73. The van der Waals surface area contributed by atoms with Gasteiger partial charge in [0.2, 0.25) is 10.0 Å². The van der Waals surface area contributed by atoms with Crippen LogP contribution in [0.25, 0.3) is 0 Å². The Morgan fingerprint density at radius 3 is 2.44 bits per heavy atom. The van der Waals surface area contributed by atoms with Crippen LogP contribution in [0.1, 0.15) is 49.4 Å². The Morgan fingerprint density at radius 2 is 1.78 bits per heavy atom. The third-order valence-corrected chi connectivity index (χ3v) is 7.98. The van der Waals surface area contributed by atoms with Crippen LogP contribution in [0.2, 0.25) is 0 Å². The number of hydrogen-bond donors (Lipinski definition) is 0. The highest BCUT2D eigenvalue weighted by atomic mass is 32.2. The van der Waals surface area contributed by atoms with Gasteiger partial charge in [0, 0.05) is 26.2 Å². The second-order valence-corrected chi connectivity index (χ2v) is 9.53. The van der Waals surface area contributed by atoms with E-state index in [1.807, 2.05) is 6.92 Å². The van der Waals surface area contributed by atoms with E-state index in [9.17, 15) is 13.2 Å². The summed E-state index contributed by atoms with van der Waals surface area (Å²) < 4.78 is 33.5. The number of ether oxygens (including phenoxy) is 1. The molecule has 1 saturated heterocycles. The van der Waals surface area contributed by atoms with Gasteiger partial charge in [-0.1, -0.05) is 31.4 Å². The Labute approximate surface area is 162 Å². The molecule has 1 aliphatic heterocycles. The molecule has 1 heterocycles. The molecule has 1 unspecified atom stereocenters. The summed E-state index contributed by atoms with van der Waals surface area (Å²) in [4.78, 5) is 14.7. The Bertz CT molecular complexity index is 753. The highest BCUT2D eigenvalue weighted by Crippen LogP contribution is 2.31. The first kappa shape index (κ1) is 20.3. The van der Waals surface area contributed by atoms with Crippen molar-refractivity contribution in [1.29, 1.82) is 0 Å². The topological polar surface area (TPSA) is 66.9 Å². The normalized spacial score (nSPS) is 20.6. The molecule has 0 N–H and O–H groups in total. The maximum absolute atomic E-state index is 13.4. The molecule has 0 bridgehead atoms. The molecular formula is C20H30N2O4S. The molecule has 1 atom stereocenters. The summed E-state index contributed by atoms with van der Waals surface area (Å²) in [7, 11) is -2.10. The number of sulfonamides is 1. The molecular weight excluding hydrogens is 364 g/mol. The number of carbonyl (C=O) groups is 1. The number of carbonyl (C=O) groups excluding carboxylic acids is 1. The fraction of sp³-hybridized carbons (Fsp3) is 0.650. The lowest BCUT2D eigenvalue weighted by Crippen LogP contribution is -2.43. The van der Waals surface area contributed by atoms with Gasteiger partial charge in [0.15, 0.2) is 0 Å². The summed E-state index contributed by atoms with van der Waals surface area (Å²) in [5.41, 5.74) is 0.252. The predicted molar refractivity (Wildman–Crippen MR) is 104 cm³/mol. The number of amides is 1. The maximum atomic E-state index is 13.4. The van der Waals surface area contributed by atoms with Crippen molar-refractivity contribution < 1.29 is 17.9 Å². The van der Waals surface area contributed by atoms with Crippen molar-refractivity contribution in [1.82, 2.24) is 9.21 Å². The summed E-state index contributed by atoms with van der Waals surface area (Å²) in [6, 6.07) is 6.48. The molecule has 0 radical (unpaired) electrons. The predicted octanol–water partition coefficient (Wildman–Crippen LogP) is 2.75. The second-order valence-electron chi connectivity index (χ2n) is 7.56. The zero-order valence-corrected chi connectivity index (χ0v) is 17.1. The number of nitrogens with zero attached hydrogens (tertiary/aromatic N) is 2. The zero-order valence-electron chi connectivity index (χ0n) is 16.3. The third-order valence-electron chi connectivity index (χ3n) is 5.98. The number of morpholine rings is 1. The Hall–Kier alpha value is -1.44. The van der Waals surface area contributed by atoms with E-state index in [1.165, 1.54) is 10.7 Å². The van der Waals surface area contributed by atoms with Crippen molar-refractivity contribution in [3.05, 3.63) is 29.8 Å². The van der Waals surface area contributed by atoms with E-state index in [0.29, 0.717) is 32.2 Å². The molecule has 0 spiro atoms. The summed E-state index contributed by atoms with van der Waals surface area (Å²) in [6.45, 7) is 3.93. The number of benzene rings is 1. The largest absolute Gasteiger partial charge is 0.378 e. The lowest BCUT2D eigenvalue weighted by atomic mass is 9.85. The monoisotopic (exact) mass is 394 g/mol. The highest BCUT2D eigenvalue weighted by Gasteiger charge is 2.34. The molecule has 1 saturated carbocycles. The van der Waals surface area contributed by atoms with Gasteiger partial charge in [0.25, 0.3) is 5.91 Å². The number of rotatable bonds is 5. The van der Waals surface area contributed by atoms with Gasteiger partial charge in [-0.15, -0.1) is 0 Å². The highest BCUT2D eigenvalue weighted by molar-refractivity contribution is 7.89. The van der Waals surface area contributed by atoms with Crippen molar-refractivity contribution in [3.8, 4) is 0 Å². The SMILES string of the molecule is CC(C1CCCCC1)N(C)S(=O)(=O)c1ccccc1C(=O)N1CCOCC1. The fourth-order valence-corrected chi connectivity index (χ4v) is 5.70. The quantitative estimate of drug-likeness (QED) is 0.770. The Balaban J connectivity index is 1.86. The minimum atomic E-state index is -3.75. The van der Waals surface area contributed by atoms with Crippen LogP contribution in [-0.4, -0.2) is 62.9 Å². The summed E-state index contributed by atoms with van der Waals surface area (Å²) >= 11 is 0. The second kappa shape index (κ2) is 8.71. The fourth-order valence-electron chi connectivity index (χ4n) is 4.09. The minimum Gasteiger partial charge on any atom is -0.378 e. The lowest BCUT2D eigenvalue weighted by Gasteiger charge is -2.34. The smallest absolute Gasteiger partial charge is 0.255 e. The summed E-state index contributed by atoms with van der Waals surface area (Å²) in [6.07, 6.45) is 5.69. The molecule has 2 aliphatic rings. The first-order chi connectivity index (χ1) is 12.9. The van der Waals surface area contributed by atoms with Crippen molar-refractivity contribution >= 4 is 15.9 Å². The van der Waals surface area contributed by atoms with Gasteiger partial charge in [-0.3, -0.25) is 4.79 Å². The van der Waals surface area contributed by atoms with E-state index in [-0.39, 0.29) is 22.4 Å². The van der Waals surface area contributed by atoms with Crippen LogP contribution in [0.15, 0.2) is 29.2 Å². The first-order valence-electron chi connectivity index (χ1n) is 9.87. The van der Waals surface area contributed by atoms with Crippen LogP contribution >= 0.6 is 0 Å². The molecule has 6 nitrogen and oxygen atoms in total. The van der Waals surface area contributed by atoms with Crippen molar-refractivity contribution in [3.63, 3.8) is 0 Å². The van der Waals surface area contributed by atoms with Gasteiger partial charge >= 0.3 is 0 Å². The molecule has 0 aromatic heterocycles. The van der Waals surface area contributed by atoms with Crippen LogP contribution in [0, 0.1) is 5.92 Å². The molecule has 2 fully saturated rings. The zero-order chi connectivity index (χ0) is 19.4. The minimum absolute atomic E-state index is 0.0816. The van der Waals surface area contributed by atoms with Crippen LogP contribution < -0.4 is 0 Å². The molecule has 1 amide bonds. The van der Waals surface area contributed by atoms with Crippen LogP contribution in [-0.2, 0) is 14.8 Å². The van der Waals surface area contributed by atoms with Gasteiger partial charge < -0.3 is 9.64 Å². The van der Waals surface area contributed by atoms with Crippen molar-refractivity contribution in [2.75, 3.05) is 33.4 Å². The first-order valence-corrected chi connectivity index (χ1v) is 11.3. The maximum Gasteiger partial charge on any atom is 0.255 e. The molecule has 1 aromatic rings. The third kappa shape index (κ3) is 4.36. The van der Waals surface area contributed by atoms with Gasteiger partial charge in [-0.25, -0.2) is 8.42 Å². The van der Waals surface area contributed by atoms with E-state index in [2.05, 4.69) is 0 Å². The lowest BCUT2D eigenvalue weighted by molar-refractivity contribution is 0.0300. The van der Waals surface area contributed by atoms with Crippen molar-refractivity contribution in [2.45, 2.75) is 50.0 Å². The molecule has 1 aromatic carbocycles. The summed E-state index contributed by atoms with van der Waals surface area (Å²) in [5.74, 6) is 0.136. The van der Waals surface area contributed by atoms with E-state index >= 15 is 0 Å². The van der Waals surface area contributed by atoms with Crippen LogP contribution in [0.4, 0.5) is 0 Å². The number of hydrogen-bond acceptors (Lipinski definition) is 4. The van der Waals surface area contributed by atoms with Gasteiger partial charge in [0.05, 0.1) is 23.7 Å². The average molecular weight is 395 g/mol. The van der Waals surface area contributed by atoms with Gasteiger partial charge in [0.1, 0.15) is 0 Å². The molecule has 27 heavy (non-hydrogen) atoms. The van der Waals surface area contributed by atoms with E-state index in [1.54, 1.807) is 36.2 Å². The molecule has 150 valence electrons. The van der Waals surface area contributed by atoms with E-state index in [0.717, 1.165) is 25.7 Å². The Kier molecular flexibility index (Phi) is 6.55. The molecule has 7 heteroatoms. The van der Waals surface area contributed by atoms with Gasteiger partial charge in [-0.05, 0) is 37.8 Å². The standard InChI is InChI=1S/C20H30N2O4S/c1-16(17-8-4-3-5-9-17)21(2)27(24,25)19-11-7-6-10-18(19)20(23)22-12-14-26-15-13-22/h6-7,10-11,16-17H,3-5,8-9,12-15H2,1-2H3.